The largest absolute Gasteiger partial charge is 0.508 e. The summed E-state index contributed by atoms with van der Waals surface area (Å²) in [5.74, 6) is -0.0636. The molecular weight excluding hydrogens is 400 g/mol. The maximum atomic E-state index is 12.8. The van der Waals surface area contributed by atoms with Crippen LogP contribution in [0.25, 0.3) is 17.2 Å². The van der Waals surface area contributed by atoms with Crippen molar-refractivity contribution in [3.8, 4) is 5.75 Å². The van der Waals surface area contributed by atoms with E-state index in [1.807, 2.05) is 30.3 Å². The monoisotopic (exact) mass is 418 g/mol. The Labute approximate surface area is 174 Å². The molecule has 0 fully saturated rings. The average molecular weight is 418 g/mol. The summed E-state index contributed by atoms with van der Waals surface area (Å²) in [6.07, 6.45) is 2.82. The highest BCUT2D eigenvalue weighted by Crippen LogP contribution is 2.41. The van der Waals surface area contributed by atoms with Crippen LogP contribution in [-0.4, -0.2) is 25.7 Å². The second-order valence-corrected chi connectivity index (χ2v) is 8.92. The number of hydrogen-bond acceptors (Lipinski definition) is 5. The van der Waals surface area contributed by atoms with E-state index in [9.17, 15) is 18.3 Å². The molecule has 0 atom stereocenters. The fraction of sp³-hybridized carbons (Fsp3) is 0.0417. The number of cyclic esters (lactones) is 1. The van der Waals surface area contributed by atoms with Crippen molar-refractivity contribution in [1.29, 1.82) is 0 Å². The molecule has 1 heterocycles. The molecule has 0 aliphatic carbocycles. The van der Waals surface area contributed by atoms with Gasteiger partial charge in [-0.2, -0.15) is 0 Å². The fourth-order valence-corrected chi connectivity index (χ4v) is 3.95. The summed E-state index contributed by atoms with van der Waals surface area (Å²) in [7, 11) is -3.34. The molecule has 0 amide bonds. The maximum absolute atomic E-state index is 12.8. The fourth-order valence-electron chi connectivity index (χ4n) is 3.32. The third-order valence-electron chi connectivity index (χ3n) is 4.70. The smallest absolute Gasteiger partial charge is 0.344 e. The van der Waals surface area contributed by atoms with Crippen molar-refractivity contribution >= 4 is 33.0 Å². The second-order valence-electron chi connectivity index (χ2n) is 6.91. The summed E-state index contributed by atoms with van der Waals surface area (Å²) < 4.78 is 29.2. The van der Waals surface area contributed by atoms with Crippen LogP contribution in [0.3, 0.4) is 0 Å². The Kier molecular flexibility index (Phi) is 5.01. The second kappa shape index (κ2) is 7.65. The first-order valence-corrected chi connectivity index (χ1v) is 11.1. The molecule has 3 aromatic rings. The first-order valence-electron chi connectivity index (χ1n) is 9.16. The molecule has 0 spiro atoms. The third kappa shape index (κ3) is 3.90. The van der Waals surface area contributed by atoms with Crippen LogP contribution in [-0.2, 0) is 19.4 Å². The van der Waals surface area contributed by atoms with Crippen LogP contribution in [0, 0.1) is 0 Å². The van der Waals surface area contributed by atoms with E-state index in [4.69, 9.17) is 4.74 Å². The number of benzene rings is 3. The van der Waals surface area contributed by atoms with Gasteiger partial charge in [-0.3, -0.25) is 0 Å². The summed E-state index contributed by atoms with van der Waals surface area (Å²) in [6.45, 7) is 0. The lowest BCUT2D eigenvalue weighted by Crippen LogP contribution is -1.98. The number of aromatic hydroxyl groups is 1. The van der Waals surface area contributed by atoms with Crippen LogP contribution in [0.1, 0.15) is 16.7 Å². The molecule has 0 aromatic heterocycles. The Bertz CT molecular complexity index is 1280. The van der Waals surface area contributed by atoms with Crippen LogP contribution in [0.5, 0.6) is 5.75 Å². The van der Waals surface area contributed by atoms with Crippen molar-refractivity contribution in [1.82, 2.24) is 0 Å². The number of sulfone groups is 1. The molecule has 0 saturated carbocycles. The normalized spacial score (nSPS) is 15.5. The number of rotatable bonds is 4. The van der Waals surface area contributed by atoms with Gasteiger partial charge in [0.05, 0.1) is 10.5 Å². The van der Waals surface area contributed by atoms with Gasteiger partial charge in [-0.1, -0.05) is 54.6 Å². The number of phenols is 1. The number of carbonyl (C=O) groups excluding carboxylic acids is 1. The maximum Gasteiger partial charge on any atom is 0.344 e. The first-order chi connectivity index (χ1) is 14.3. The minimum absolute atomic E-state index is 0.0972. The van der Waals surface area contributed by atoms with E-state index in [1.165, 1.54) is 12.1 Å². The third-order valence-corrected chi connectivity index (χ3v) is 5.83. The van der Waals surface area contributed by atoms with Gasteiger partial charge in [0.15, 0.2) is 9.84 Å². The highest BCUT2D eigenvalue weighted by Gasteiger charge is 2.32. The molecular formula is C24H18O5S. The van der Waals surface area contributed by atoms with E-state index < -0.39 is 15.8 Å². The lowest BCUT2D eigenvalue weighted by Gasteiger charge is -2.08. The van der Waals surface area contributed by atoms with Crippen molar-refractivity contribution in [2.24, 2.45) is 0 Å². The van der Waals surface area contributed by atoms with Crippen molar-refractivity contribution in [3.05, 3.63) is 101 Å². The number of carbonyl (C=O) groups is 1. The highest BCUT2D eigenvalue weighted by molar-refractivity contribution is 7.90. The van der Waals surface area contributed by atoms with Gasteiger partial charge in [0, 0.05) is 11.8 Å². The van der Waals surface area contributed by atoms with E-state index in [-0.39, 0.29) is 10.6 Å². The van der Waals surface area contributed by atoms with Gasteiger partial charge in [0.2, 0.25) is 0 Å². The lowest BCUT2D eigenvalue weighted by molar-refractivity contribution is -0.131. The zero-order valence-corrected chi connectivity index (χ0v) is 16.9. The summed E-state index contributed by atoms with van der Waals surface area (Å²) in [5.41, 5.74) is 2.98. The van der Waals surface area contributed by atoms with Crippen LogP contribution in [0.15, 0.2) is 89.5 Å². The zero-order chi connectivity index (χ0) is 21.3. The Morgan fingerprint density at radius 3 is 2.13 bits per heavy atom. The molecule has 0 bridgehead atoms. The van der Waals surface area contributed by atoms with E-state index >= 15 is 0 Å². The van der Waals surface area contributed by atoms with E-state index in [0.717, 1.165) is 6.26 Å². The predicted octanol–water partition coefficient (Wildman–Crippen LogP) is 4.30. The summed E-state index contributed by atoms with van der Waals surface area (Å²) >= 11 is 0. The van der Waals surface area contributed by atoms with Crippen molar-refractivity contribution in [3.63, 3.8) is 0 Å². The molecule has 1 N–H and O–H groups in total. The van der Waals surface area contributed by atoms with Crippen LogP contribution in [0.4, 0.5) is 0 Å². The van der Waals surface area contributed by atoms with Gasteiger partial charge in [-0.25, -0.2) is 13.2 Å². The molecule has 3 aromatic carbocycles. The molecule has 150 valence electrons. The minimum atomic E-state index is -3.34. The van der Waals surface area contributed by atoms with E-state index in [1.54, 1.807) is 42.5 Å². The SMILES string of the molecule is CS(=O)(=O)c1ccc(C2=C(c3ccccc3)C(=O)O/C2=C\c2cccc(O)c2)cc1. The van der Waals surface area contributed by atoms with Crippen molar-refractivity contribution in [2.75, 3.05) is 6.26 Å². The molecule has 0 radical (unpaired) electrons. The van der Waals surface area contributed by atoms with Crippen LogP contribution in [0.2, 0.25) is 0 Å². The minimum Gasteiger partial charge on any atom is -0.508 e. The quantitative estimate of drug-likeness (QED) is 0.639. The average Bonchev–Trinajstić information content (AvgIpc) is 3.03. The van der Waals surface area contributed by atoms with Gasteiger partial charge >= 0.3 is 5.97 Å². The molecule has 4 rings (SSSR count). The van der Waals surface area contributed by atoms with Crippen LogP contribution >= 0.6 is 0 Å². The Morgan fingerprint density at radius 1 is 0.833 bits per heavy atom. The lowest BCUT2D eigenvalue weighted by atomic mass is 9.94. The number of ether oxygens (including phenoxy) is 1. The predicted molar refractivity (Wildman–Crippen MR) is 115 cm³/mol. The van der Waals surface area contributed by atoms with Crippen molar-refractivity contribution < 1.29 is 23.1 Å². The number of phenolic OH excluding ortho intramolecular Hbond substituents is 1. The topological polar surface area (TPSA) is 80.7 Å². The highest BCUT2D eigenvalue weighted by atomic mass is 32.2. The zero-order valence-electron chi connectivity index (χ0n) is 16.1. The summed E-state index contributed by atoms with van der Waals surface area (Å²) in [6, 6.07) is 22.1. The summed E-state index contributed by atoms with van der Waals surface area (Å²) in [4.78, 5) is 13.0. The van der Waals surface area contributed by atoms with Gasteiger partial charge in [0.25, 0.3) is 0 Å². The summed E-state index contributed by atoms with van der Waals surface area (Å²) in [5, 5.41) is 9.75. The van der Waals surface area contributed by atoms with Gasteiger partial charge in [-0.15, -0.1) is 0 Å². The molecule has 5 nitrogen and oxygen atoms in total. The Morgan fingerprint density at radius 2 is 1.50 bits per heavy atom. The van der Waals surface area contributed by atoms with E-state index in [0.29, 0.717) is 33.6 Å². The number of allylic oxidation sites excluding steroid dienone is 1. The molecule has 1 aliphatic rings. The Balaban J connectivity index is 1.92. The van der Waals surface area contributed by atoms with Crippen molar-refractivity contribution in [2.45, 2.75) is 4.90 Å². The molecule has 30 heavy (non-hydrogen) atoms. The molecule has 0 unspecified atom stereocenters. The van der Waals surface area contributed by atoms with Gasteiger partial charge < -0.3 is 9.84 Å². The van der Waals surface area contributed by atoms with Gasteiger partial charge in [0.1, 0.15) is 11.5 Å². The standard InChI is InChI=1S/C24H18O5S/c1-30(27,28)20-12-10-18(11-13-20)22-21(15-16-6-5-9-19(25)14-16)29-24(26)23(22)17-7-3-2-4-8-17/h2-15,25H,1H3/b21-15-. The van der Waals surface area contributed by atoms with Gasteiger partial charge in [-0.05, 0) is 47.0 Å². The first kappa shape index (κ1) is 19.7. The number of esters is 1. The van der Waals surface area contributed by atoms with Crippen LogP contribution < -0.4 is 0 Å². The molecule has 6 heteroatoms. The number of hydrogen-bond donors (Lipinski definition) is 1. The molecule has 1 aliphatic heterocycles. The molecule has 0 saturated heterocycles. The Hall–Kier alpha value is -3.64. The van der Waals surface area contributed by atoms with E-state index in [2.05, 4.69) is 0 Å².